The topological polar surface area (TPSA) is 54.5 Å². The zero-order valence-electron chi connectivity index (χ0n) is 14.3. The molecule has 1 heterocycles. The number of hydrogen-bond donors (Lipinski definition) is 0. The molecule has 1 saturated heterocycles. The molecule has 0 aliphatic carbocycles. The summed E-state index contributed by atoms with van der Waals surface area (Å²) >= 11 is 1.60. The van der Waals surface area contributed by atoms with E-state index in [1.54, 1.807) is 25.6 Å². The van der Waals surface area contributed by atoms with Crippen LogP contribution in [0.5, 0.6) is 0 Å². The van der Waals surface area contributed by atoms with Gasteiger partial charge in [-0.1, -0.05) is 39.5 Å². The first-order chi connectivity index (χ1) is 10.4. The van der Waals surface area contributed by atoms with Gasteiger partial charge in [0.05, 0.1) is 10.9 Å². The van der Waals surface area contributed by atoms with Crippen molar-refractivity contribution in [2.75, 3.05) is 5.75 Å². The predicted octanol–water partition coefficient (Wildman–Crippen LogP) is 2.00. The highest BCUT2D eigenvalue weighted by molar-refractivity contribution is 8.00. The lowest BCUT2D eigenvalue weighted by Gasteiger charge is -2.27. The molecule has 1 aliphatic heterocycles. The standard InChI is InChI=1S/C16H28BNO3S/c1-4-5-6-7-8-9-22-13-10-14(19)18(16(13)21)12(3)11(2)15(17)20/h11-13H,4-10,17H2,1-3H3. The van der Waals surface area contributed by atoms with E-state index in [9.17, 15) is 14.4 Å². The number of amides is 2. The molecular formula is C16H28BNO3S. The van der Waals surface area contributed by atoms with E-state index in [1.165, 1.54) is 38.4 Å². The highest BCUT2D eigenvalue weighted by atomic mass is 32.2. The Bertz CT molecular complexity index is 416. The number of likely N-dealkylation sites (tertiary alicyclic amines) is 1. The van der Waals surface area contributed by atoms with Gasteiger partial charge in [-0.25, -0.2) is 0 Å². The van der Waals surface area contributed by atoms with Crippen LogP contribution < -0.4 is 0 Å². The molecule has 1 aliphatic rings. The minimum Gasteiger partial charge on any atom is -0.312 e. The van der Waals surface area contributed by atoms with Crippen LogP contribution in [0.2, 0.25) is 0 Å². The quantitative estimate of drug-likeness (QED) is 0.350. The minimum atomic E-state index is -0.340. The summed E-state index contributed by atoms with van der Waals surface area (Å²) in [6.07, 6.45) is 6.31. The number of unbranched alkanes of at least 4 members (excludes halogenated alkanes) is 4. The summed E-state index contributed by atoms with van der Waals surface area (Å²) < 4.78 is 0. The van der Waals surface area contributed by atoms with Gasteiger partial charge in [0, 0.05) is 18.4 Å². The molecular weight excluding hydrogens is 297 g/mol. The van der Waals surface area contributed by atoms with Gasteiger partial charge in [-0.3, -0.25) is 14.5 Å². The van der Waals surface area contributed by atoms with Gasteiger partial charge in [-0.15, -0.1) is 11.8 Å². The Morgan fingerprint density at radius 3 is 2.50 bits per heavy atom. The maximum absolute atomic E-state index is 12.4. The fourth-order valence-electron chi connectivity index (χ4n) is 2.67. The zero-order chi connectivity index (χ0) is 16.7. The Morgan fingerprint density at radius 2 is 1.91 bits per heavy atom. The third-order valence-electron chi connectivity index (χ3n) is 4.48. The van der Waals surface area contributed by atoms with Crippen molar-refractivity contribution >= 4 is 37.1 Å². The smallest absolute Gasteiger partial charge is 0.243 e. The predicted molar refractivity (Wildman–Crippen MR) is 93.7 cm³/mol. The number of carbonyl (C=O) groups excluding carboxylic acids is 3. The summed E-state index contributed by atoms with van der Waals surface area (Å²) in [5.74, 6) is 0.390. The number of carbonyl (C=O) groups is 3. The molecule has 2 amide bonds. The fraction of sp³-hybridized carbons (Fsp3) is 0.812. The van der Waals surface area contributed by atoms with E-state index in [1.807, 2.05) is 0 Å². The number of hydrogen-bond acceptors (Lipinski definition) is 4. The van der Waals surface area contributed by atoms with Crippen LogP contribution in [-0.2, 0) is 14.4 Å². The van der Waals surface area contributed by atoms with Crippen molar-refractivity contribution < 1.29 is 14.4 Å². The lowest BCUT2D eigenvalue weighted by Crippen LogP contribution is -2.44. The molecule has 0 aromatic heterocycles. The third-order valence-corrected chi connectivity index (χ3v) is 5.78. The van der Waals surface area contributed by atoms with Crippen LogP contribution in [0.3, 0.4) is 0 Å². The van der Waals surface area contributed by atoms with Gasteiger partial charge in [0.2, 0.25) is 11.8 Å². The van der Waals surface area contributed by atoms with E-state index in [4.69, 9.17) is 0 Å². The van der Waals surface area contributed by atoms with E-state index in [-0.39, 0.29) is 41.1 Å². The molecule has 1 rings (SSSR count). The molecule has 22 heavy (non-hydrogen) atoms. The molecule has 0 aromatic carbocycles. The van der Waals surface area contributed by atoms with Crippen LogP contribution in [0.15, 0.2) is 0 Å². The van der Waals surface area contributed by atoms with Crippen molar-refractivity contribution in [3.8, 4) is 0 Å². The molecule has 0 bridgehead atoms. The van der Waals surface area contributed by atoms with Crippen molar-refractivity contribution in [1.29, 1.82) is 0 Å². The van der Waals surface area contributed by atoms with Crippen LogP contribution in [0, 0.1) is 5.92 Å². The van der Waals surface area contributed by atoms with E-state index in [0.29, 0.717) is 0 Å². The Hall–Kier alpha value is -0.775. The fourth-order valence-corrected chi connectivity index (χ4v) is 3.85. The molecule has 0 aromatic rings. The second-order valence-electron chi connectivity index (χ2n) is 6.22. The second kappa shape index (κ2) is 9.38. The third kappa shape index (κ3) is 5.15. The van der Waals surface area contributed by atoms with Crippen LogP contribution >= 0.6 is 11.8 Å². The van der Waals surface area contributed by atoms with Crippen molar-refractivity contribution in [3.05, 3.63) is 0 Å². The average Bonchev–Trinajstić information content (AvgIpc) is 2.75. The van der Waals surface area contributed by atoms with Crippen molar-refractivity contribution in [1.82, 2.24) is 4.90 Å². The average molecular weight is 325 g/mol. The highest BCUT2D eigenvalue weighted by Gasteiger charge is 2.42. The van der Waals surface area contributed by atoms with Gasteiger partial charge in [-0.2, -0.15) is 0 Å². The molecule has 1 fully saturated rings. The van der Waals surface area contributed by atoms with E-state index in [2.05, 4.69) is 6.92 Å². The molecule has 124 valence electrons. The molecule has 4 nitrogen and oxygen atoms in total. The molecule has 3 atom stereocenters. The molecule has 0 N–H and O–H groups in total. The van der Waals surface area contributed by atoms with Crippen LogP contribution in [0.4, 0.5) is 0 Å². The van der Waals surface area contributed by atoms with Crippen molar-refractivity contribution in [2.24, 2.45) is 5.92 Å². The number of thioether (sulfide) groups is 1. The Balaban J connectivity index is 2.45. The summed E-state index contributed by atoms with van der Waals surface area (Å²) in [5.41, 5.74) is 0.0140. The van der Waals surface area contributed by atoms with Crippen molar-refractivity contribution in [3.63, 3.8) is 0 Å². The van der Waals surface area contributed by atoms with Crippen LogP contribution in [-0.4, -0.2) is 47.3 Å². The summed E-state index contributed by atoms with van der Waals surface area (Å²) in [4.78, 5) is 37.3. The lowest BCUT2D eigenvalue weighted by atomic mass is 9.85. The van der Waals surface area contributed by atoms with Crippen LogP contribution in [0.1, 0.15) is 59.3 Å². The first-order valence-corrected chi connectivity index (χ1v) is 9.43. The van der Waals surface area contributed by atoms with Gasteiger partial charge >= 0.3 is 0 Å². The molecule has 6 heteroatoms. The number of imide groups is 1. The summed E-state index contributed by atoms with van der Waals surface area (Å²) in [6, 6.07) is -0.340. The Labute approximate surface area is 139 Å². The minimum absolute atomic E-state index is 0.0140. The number of nitrogens with zero attached hydrogens (tertiary/aromatic N) is 1. The van der Waals surface area contributed by atoms with Crippen molar-refractivity contribution in [2.45, 2.75) is 70.6 Å². The van der Waals surface area contributed by atoms with Gasteiger partial charge in [0.1, 0.15) is 0 Å². The Morgan fingerprint density at radius 1 is 1.27 bits per heavy atom. The maximum atomic E-state index is 12.4. The SMILES string of the molecule is BC(=O)C(C)C(C)N1C(=O)CC(SCCCCCCC)C1=O. The highest BCUT2D eigenvalue weighted by Crippen LogP contribution is 2.29. The zero-order valence-corrected chi connectivity index (χ0v) is 15.1. The van der Waals surface area contributed by atoms with Gasteiger partial charge in [-0.05, 0) is 19.1 Å². The first kappa shape index (κ1) is 19.3. The van der Waals surface area contributed by atoms with Gasteiger partial charge < -0.3 is 4.79 Å². The molecule has 0 saturated carbocycles. The summed E-state index contributed by atoms with van der Waals surface area (Å²) in [6.45, 7) is 5.76. The van der Waals surface area contributed by atoms with E-state index in [0.717, 1.165) is 12.2 Å². The monoisotopic (exact) mass is 325 g/mol. The molecule has 3 unspecified atom stereocenters. The Kier molecular flexibility index (Phi) is 8.22. The van der Waals surface area contributed by atoms with E-state index >= 15 is 0 Å². The van der Waals surface area contributed by atoms with Gasteiger partial charge in [0.25, 0.3) is 0 Å². The lowest BCUT2D eigenvalue weighted by molar-refractivity contribution is -0.142. The van der Waals surface area contributed by atoms with E-state index < -0.39 is 0 Å². The largest absolute Gasteiger partial charge is 0.312 e. The summed E-state index contributed by atoms with van der Waals surface area (Å²) in [7, 11) is 1.51. The van der Waals surface area contributed by atoms with Crippen LogP contribution in [0.25, 0.3) is 0 Å². The van der Waals surface area contributed by atoms with Gasteiger partial charge in [0.15, 0.2) is 7.85 Å². The number of rotatable bonds is 10. The maximum Gasteiger partial charge on any atom is 0.243 e. The molecule has 0 spiro atoms. The summed E-state index contributed by atoms with van der Waals surface area (Å²) in [5, 5.41) is -0.250. The molecule has 0 radical (unpaired) electrons. The normalized spacial score (nSPS) is 21.2. The first-order valence-electron chi connectivity index (χ1n) is 8.38. The second-order valence-corrected chi connectivity index (χ2v) is 7.53.